The Labute approximate surface area is 164 Å². The molecule has 1 amide bonds. The minimum atomic E-state index is -0.352. The van der Waals surface area contributed by atoms with E-state index in [2.05, 4.69) is 21.3 Å². The third-order valence-electron chi connectivity index (χ3n) is 5.05. The van der Waals surface area contributed by atoms with Gasteiger partial charge in [0.15, 0.2) is 0 Å². The van der Waals surface area contributed by atoms with Crippen LogP contribution >= 0.6 is 0 Å². The first-order valence-corrected chi connectivity index (χ1v) is 9.44. The molecule has 1 aliphatic heterocycles. The Hall–Kier alpha value is -3.05. The maximum Gasteiger partial charge on any atom is 0.228 e. The van der Waals surface area contributed by atoms with E-state index in [0.717, 1.165) is 31.7 Å². The van der Waals surface area contributed by atoms with Crippen molar-refractivity contribution in [1.29, 1.82) is 0 Å². The number of nitrogens with zero attached hydrogens (tertiary/aromatic N) is 2. The Morgan fingerprint density at radius 1 is 1.07 bits per heavy atom. The highest BCUT2D eigenvalue weighted by molar-refractivity contribution is 5.92. The highest BCUT2D eigenvalue weighted by Gasteiger charge is 2.17. The smallest absolute Gasteiger partial charge is 0.228 e. The van der Waals surface area contributed by atoms with Gasteiger partial charge in [0, 0.05) is 37.7 Å². The van der Waals surface area contributed by atoms with Gasteiger partial charge in [0.25, 0.3) is 0 Å². The molecule has 1 aromatic heterocycles. The quantitative estimate of drug-likeness (QED) is 0.734. The number of rotatable bonds is 5. The van der Waals surface area contributed by atoms with Gasteiger partial charge in [-0.3, -0.25) is 14.7 Å². The number of hydrogen-bond donors (Lipinski definition) is 1. The Balaban J connectivity index is 1.41. The van der Waals surface area contributed by atoms with Crippen LogP contribution in [-0.2, 0) is 30.7 Å². The maximum atomic E-state index is 13.7. The lowest BCUT2D eigenvalue weighted by molar-refractivity contribution is -0.115. The fourth-order valence-corrected chi connectivity index (χ4v) is 3.59. The van der Waals surface area contributed by atoms with Crippen LogP contribution in [0.4, 0.5) is 10.1 Å². The van der Waals surface area contributed by atoms with E-state index in [1.165, 1.54) is 22.8 Å². The van der Waals surface area contributed by atoms with Crippen molar-refractivity contribution in [1.82, 2.24) is 9.88 Å². The van der Waals surface area contributed by atoms with Gasteiger partial charge in [0.05, 0.1) is 6.42 Å². The van der Waals surface area contributed by atoms with Crippen molar-refractivity contribution in [3.63, 3.8) is 0 Å². The lowest BCUT2D eigenvalue weighted by Crippen LogP contribution is -2.30. The molecule has 5 heteroatoms. The fourth-order valence-electron chi connectivity index (χ4n) is 3.59. The normalized spacial score (nSPS) is 13.8. The van der Waals surface area contributed by atoms with E-state index in [0.29, 0.717) is 5.56 Å². The lowest BCUT2D eigenvalue weighted by Gasteiger charge is -2.29. The van der Waals surface area contributed by atoms with Crippen molar-refractivity contribution in [2.24, 2.45) is 0 Å². The Kier molecular flexibility index (Phi) is 5.44. The minimum absolute atomic E-state index is 0.0257. The Morgan fingerprint density at radius 3 is 2.71 bits per heavy atom. The molecule has 0 saturated heterocycles. The first kappa shape index (κ1) is 18.3. The zero-order chi connectivity index (χ0) is 19.3. The summed E-state index contributed by atoms with van der Waals surface area (Å²) in [7, 11) is 0. The SMILES string of the molecule is O=C(Cc1ccccc1F)Nc1ccc2c(c1)CN(Cc1ccncc1)CC2. The predicted molar refractivity (Wildman–Crippen MR) is 107 cm³/mol. The molecule has 0 spiro atoms. The molecule has 28 heavy (non-hydrogen) atoms. The molecule has 4 rings (SSSR count). The molecule has 2 heterocycles. The second-order valence-corrected chi connectivity index (χ2v) is 7.12. The summed E-state index contributed by atoms with van der Waals surface area (Å²) in [6, 6.07) is 16.5. The van der Waals surface area contributed by atoms with E-state index < -0.39 is 0 Å². The van der Waals surface area contributed by atoms with Crippen molar-refractivity contribution in [2.45, 2.75) is 25.9 Å². The van der Waals surface area contributed by atoms with Crippen LogP contribution in [0.2, 0.25) is 0 Å². The average Bonchev–Trinajstić information content (AvgIpc) is 2.70. The Morgan fingerprint density at radius 2 is 1.89 bits per heavy atom. The number of pyridine rings is 1. The summed E-state index contributed by atoms with van der Waals surface area (Å²) in [6.45, 7) is 2.73. The molecule has 142 valence electrons. The number of fused-ring (bicyclic) bond motifs is 1. The van der Waals surface area contributed by atoms with Crippen molar-refractivity contribution >= 4 is 11.6 Å². The number of anilines is 1. The molecule has 0 radical (unpaired) electrons. The third kappa shape index (κ3) is 4.43. The highest BCUT2D eigenvalue weighted by Crippen LogP contribution is 2.24. The van der Waals surface area contributed by atoms with Crippen molar-refractivity contribution in [3.05, 3.63) is 95.1 Å². The second kappa shape index (κ2) is 8.31. The second-order valence-electron chi connectivity index (χ2n) is 7.12. The molecular weight excluding hydrogens is 353 g/mol. The van der Waals surface area contributed by atoms with Gasteiger partial charge in [0.2, 0.25) is 5.91 Å². The van der Waals surface area contributed by atoms with Crippen LogP contribution in [-0.4, -0.2) is 22.3 Å². The van der Waals surface area contributed by atoms with Gasteiger partial charge in [-0.1, -0.05) is 24.3 Å². The van der Waals surface area contributed by atoms with Gasteiger partial charge in [-0.05, 0) is 59.0 Å². The zero-order valence-electron chi connectivity index (χ0n) is 15.6. The summed E-state index contributed by atoms with van der Waals surface area (Å²) >= 11 is 0. The molecule has 0 unspecified atom stereocenters. The topological polar surface area (TPSA) is 45.2 Å². The summed E-state index contributed by atoms with van der Waals surface area (Å²) < 4.78 is 13.7. The standard InChI is InChI=1S/C23H22FN3O/c24-22-4-2-1-3-19(22)14-23(28)26-21-6-5-18-9-12-27(16-20(18)13-21)15-17-7-10-25-11-8-17/h1-8,10-11,13H,9,12,14-16H2,(H,26,28). The molecule has 1 aliphatic rings. The van der Waals surface area contributed by atoms with Crippen LogP contribution in [0.25, 0.3) is 0 Å². The van der Waals surface area contributed by atoms with Gasteiger partial charge >= 0.3 is 0 Å². The molecule has 0 saturated carbocycles. The number of benzene rings is 2. The number of carbonyl (C=O) groups excluding carboxylic acids is 1. The molecule has 3 aromatic rings. The molecule has 1 N–H and O–H groups in total. The highest BCUT2D eigenvalue weighted by atomic mass is 19.1. The largest absolute Gasteiger partial charge is 0.326 e. The summed E-state index contributed by atoms with van der Waals surface area (Å²) in [5.74, 6) is -0.565. The van der Waals surface area contributed by atoms with Crippen LogP contribution in [0, 0.1) is 5.82 Å². The van der Waals surface area contributed by atoms with E-state index in [-0.39, 0.29) is 18.1 Å². The number of hydrogen-bond acceptors (Lipinski definition) is 3. The van der Waals surface area contributed by atoms with Crippen LogP contribution in [0.5, 0.6) is 0 Å². The van der Waals surface area contributed by atoms with Crippen LogP contribution < -0.4 is 5.32 Å². The fraction of sp³-hybridized carbons (Fsp3) is 0.217. The number of carbonyl (C=O) groups is 1. The predicted octanol–water partition coefficient (Wildman–Crippen LogP) is 3.96. The van der Waals surface area contributed by atoms with Crippen LogP contribution in [0.15, 0.2) is 67.0 Å². The van der Waals surface area contributed by atoms with Crippen molar-refractivity contribution in [2.75, 3.05) is 11.9 Å². The maximum absolute atomic E-state index is 13.7. The zero-order valence-corrected chi connectivity index (χ0v) is 15.6. The number of halogens is 1. The molecule has 0 fully saturated rings. The van der Waals surface area contributed by atoms with E-state index in [1.807, 2.05) is 36.7 Å². The van der Waals surface area contributed by atoms with Crippen LogP contribution in [0.3, 0.4) is 0 Å². The molecule has 0 atom stereocenters. The van der Waals surface area contributed by atoms with E-state index in [9.17, 15) is 9.18 Å². The van der Waals surface area contributed by atoms with Gasteiger partial charge < -0.3 is 5.32 Å². The lowest BCUT2D eigenvalue weighted by atomic mass is 9.98. The summed E-state index contributed by atoms with van der Waals surface area (Å²) in [4.78, 5) is 18.8. The van der Waals surface area contributed by atoms with Gasteiger partial charge in [-0.15, -0.1) is 0 Å². The molecule has 2 aromatic carbocycles. The van der Waals surface area contributed by atoms with Crippen molar-refractivity contribution < 1.29 is 9.18 Å². The summed E-state index contributed by atoms with van der Waals surface area (Å²) in [5, 5.41) is 2.90. The van der Waals surface area contributed by atoms with E-state index in [1.54, 1.807) is 18.2 Å². The summed E-state index contributed by atoms with van der Waals surface area (Å²) in [6.07, 6.45) is 4.65. The number of amides is 1. The van der Waals surface area contributed by atoms with Gasteiger partial charge in [-0.2, -0.15) is 0 Å². The van der Waals surface area contributed by atoms with E-state index >= 15 is 0 Å². The summed E-state index contributed by atoms with van der Waals surface area (Å²) in [5.41, 5.74) is 4.95. The molecule has 0 aliphatic carbocycles. The monoisotopic (exact) mass is 375 g/mol. The van der Waals surface area contributed by atoms with Gasteiger partial charge in [-0.25, -0.2) is 4.39 Å². The third-order valence-corrected chi connectivity index (χ3v) is 5.05. The molecular formula is C23H22FN3O. The number of aromatic nitrogens is 1. The minimum Gasteiger partial charge on any atom is -0.326 e. The Bertz CT molecular complexity index is 975. The van der Waals surface area contributed by atoms with Gasteiger partial charge in [0.1, 0.15) is 5.82 Å². The molecule has 4 nitrogen and oxygen atoms in total. The van der Waals surface area contributed by atoms with Crippen molar-refractivity contribution in [3.8, 4) is 0 Å². The van der Waals surface area contributed by atoms with Crippen LogP contribution in [0.1, 0.15) is 22.3 Å². The first-order valence-electron chi connectivity index (χ1n) is 9.44. The number of nitrogens with one attached hydrogen (secondary N) is 1. The van der Waals surface area contributed by atoms with E-state index in [4.69, 9.17) is 0 Å². The first-order chi connectivity index (χ1) is 13.7. The average molecular weight is 375 g/mol. The molecule has 0 bridgehead atoms.